The average Bonchev–Trinajstić information content (AvgIpc) is 3.66. The summed E-state index contributed by atoms with van der Waals surface area (Å²) in [6.45, 7) is 2.94. The molecule has 0 radical (unpaired) electrons. The lowest BCUT2D eigenvalue weighted by Crippen LogP contribution is -2.30. The van der Waals surface area contributed by atoms with E-state index in [9.17, 15) is 14.4 Å². The fourth-order valence-electron chi connectivity index (χ4n) is 5.57. The minimum Gasteiger partial charge on any atom is -0.486 e. The van der Waals surface area contributed by atoms with Crippen LogP contribution in [0.25, 0.3) is 17.4 Å². The lowest BCUT2D eigenvalue weighted by molar-refractivity contribution is -0.116. The summed E-state index contributed by atoms with van der Waals surface area (Å²) in [7, 11) is 0. The zero-order valence-electron chi connectivity index (χ0n) is 28.7. The summed E-state index contributed by atoms with van der Waals surface area (Å²) in [4.78, 5) is 41.3. The van der Waals surface area contributed by atoms with Crippen LogP contribution in [0.15, 0.2) is 155 Å². The molecule has 1 atom stereocenters. The van der Waals surface area contributed by atoms with E-state index in [-0.39, 0.29) is 11.6 Å². The predicted molar refractivity (Wildman–Crippen MR) is 207 cm³/mol. The first-order valence-electron chi connectivity index (χ1n) is 17.0. The third kappa shape index (κ3) is 8.87. The van der Waals surface area contributed by atoms with E-state index >= 15 is 0 Å². The van der Waals surface area contributed by atoms with Crippen molar-refractivity contribution in [2.75, 3.05) is 23.8 Å². The second kappa shape index (κ2) is 16.2. The van der Waals surface area contributed by atoms with Crippen LogP contribution in [-0.2, 0) is 9.59 Å². The molecule has 0 bridgehead atoms. The smallest absolute Gasteiger partial charge is 0.272 e. The highest BCUT2D eigenvalue weighted by atomic mass is 32.2. The SMILES string of the molecule is Cc1ccc(-c2ccc(/C=C(\NC(=O)c3ccccc3)C(=O)Nc3ccc(SC(C(=O)Nc4ccc5c(c4)OCCO5)c4ccccc4)cc3)o2)cc1. The molecule has 0 fully saturated rings. The van der Waals surface area contributed by atoms with Gasteiger partial charge in [0.25, 0.3) is 11.8 Å². The van der Waals surface area contributed by atoms with Gasteiger partial charge in [-0.1, -0.05) is 78.4 Å². The number of anilines is 2. The Kier molecular flexibility index (Phi) is 10.7. The number of benzene rings is 5. The standard InChI is InChI=1S/C43H35N3O6S/c1-28-12-14-29(15-13-28)37-23-19-34(52-37)27-36(46-41(47)31-10-6-3-7-11-31)42(48)44-32-16-20-35(21-17-32)53-40(30-8-4-2-5-9-30)43(49)45-33-18-22-38-39(26-33)51-25-24-50-38/h2-23,26-27,40H,24-25H2,1H3,(H,44,48)(H,45,49)(H,46,47)/b36-27-. The number of ether oxygens (including phenoxy) is 2. The number of amides is 3. The van der Waals surface area contributed by atoms with Crippen LogP contribution in [0.5, 0.6) is 11.5 Å². The molecular weight excluding hydrogens is 687 g/mol. The molecule has 0 saturated heterocycles. The molecule has 3 amide bonds. The van der Waals surface area contributed by atoms with E-state index in [0.29, 0.717) is 53.2 Å². The van der Waals surface area contributed by atoms with Crippen LogP contribution >= 0.6 is 11.8 Å². The maximum absolute atomic E-state index is 13.7. The van der Waals surface area contributed by atoms with Crippen molar-refractivity contribution in [2.45, 2.75) is 17.1 Å². The Bertz CT molecular complexity index is 2250. The normalized spacial score (nSPS) is 12.7. The van der Waals surface area contributed by atoms with Crippen molar-refractivity contribution in [3.63, 3.8) is 0 Å². The Morgan fingerprint density at radius 2 is 1.38 bits per heavy atom. The second-order valence-electron chi connectivity index (χ2n) is 12.2. The highest BCUT2D eigenvalue weighted by Crippen LogP contribution is 2.38. The van der Waals surface area contributed by atoms with Gasteiger partial charge in [0.1, 0.15) is 35.7 Å². The lowest BCUT2D eigenvalue weighted by Gasteiger charge is -2.20. The van der Waals surface area contributed by atoms with E-state index in [1.54, 1.807) is 60.7 Å². The van der Waals surface area contributed by atoms with E-state index in [0.717, 1.165) is 21.6 Å². The average molecular weight is 722 g/mol. The molecule has 9 nitrogen and oxygen atoms in total. The summed E-state index contributed by atoms with van der Waals surface area (Å²) in [5.41, 5.74) is 4.35. The minimum atomic E-state index is -0.578. The van der Waals surface area contributed by atoms with Gasteiger partial charge in [0, 0.05) is 39.5 Å². The molecule has 10 heteroatoms. The number of rotatable bonds is 11. The first-order valence-corrected chi connectivity index (χ1v) is 17.8. The molecule has 0 aliphatic carbocycles. The molecule has 2 heterocycles. The number of fused-ring (bicyclic) bond motifs is 1. The Morgan fingerprint density at radius 1 is 0.698 bits per heavy atom. The quantitative estimate of drug-likeness (QED) is 0.0903. The number of thioether (sulfide) groups is 1. The number of hydrogen-bond donors (Lipinski definition) is 3. The molecule has 1 aliphatic heterocycles. The Morgan fingerprint density at radius 3 is 2.11 bits per heavy atom. The second-order valence-corrected chi connectivity index (χ2v) is 13.4. The topological polar surface area (TPSA) is 119 Å². The Balaban J connectivity index is 1.08. The van der Waals surface area contributed by atoms with Gasteiger partial charge in [-0.2, -0.15) is 0 Å². The van der Waals surface area contributed by atoms with E-state index in [1.807, 2.05) is 85.8 Å². The maximum Gasteiger partial charge on any atom is 0.272 e. The van der Waals surface area contributed by atoms with Crippen LogP contribution in [0.1, 0.15) is 32.5 Å². The third-order valence-electron chi connectivity index (χ3n) is 8.29. The van der Waals surface area contributed by atoms with Crippen molar-refractivity contribution >= 4 is 46.9 Å². The highest BCUT2D eigenvalue weighted by molar-refractivity contribution is 8.00. The molecule has 7 rings (SSSR count). The fraction of sp³-hybridized carbons (Fsp3) is 0.0930. The molecule has 3 N–H and O–H groups in total. The Labute approximate surface area is 311 Å². The highest BCUT2D eigenvalue weighted by Gasteiger charge is 2.24. The van der Waals surface area contributed by atoms with Gasteiger partial charge in [-0.05, 0) is 73.2 Å². The van der Waals surface area contributed by atoms with E-state index in [2.05, 4.69) is 16.0 Å². The summed E-state index contributed by atoms with van der Waals surface area (Å²) in [5.74, 6) is 1.07. The van der Waals surface area contributed by atoms with Gasteiger partial charge >= 0.3 is 0 Å². The van der Waals surface area contributed by atoms with Crippen molar-refractivity contribution in [2.24, 2.45) is 0 Å². The lowest BCUT2D eigenvalue weighted by atomic mass is 10.1. The summed E-state index contributed by atoms with van der Waals surface area (Å²) >= 11 is 1.38. The van der Waals surface area contributed by atoms with Crippen molar-refractivity contribution < 1.29 is 28.3 Å². The maximum atomic E-state index is 13.7. The van der Waals surface area contributed by atoms with Crippen LogP contribution in [0, 0.1) is 6.92 Å². The third-order valence-corrected chi connectivity index (χ3v) is 9.56. The molecule has 1 unspecified atom stereocenters. The van der Waals surface area contributed by atoms with E-state index in [1.165, 1.54) is 17.8 Å². The largest absolute Gasteiger partial charge is 0.486 e. The van der Waals surface area contributed by atoms with Gasteiger partial charge in [-0.25, -0.2) is 0 Å². The van der Waals surface area contributed by atoms with Crippen LogP contribution in [0.4, 0.5) is 11.4 Å². The van der Waals surface area contributed by atoms with Gasteiger partial charge < -0.3 is 29.8 Å². The minimum absolute atomic E-state index is 0.00191. The van der Waals surface area contributed by atoms with Gasteiger partial charge in [0.2, 0.25) is 5.91 Å². The first kappa shape index (κ1) is 34.9. The number of carbonyl (C=O) groups excluding carboxylic acids is 3. The zero-order valence-corrected chi connectivity index (χ0v) is 29.5. The molecule has 1 aromatic heterocycles. The number of nitrogens with one attached hydrogen (secondary N) is 3. The van der Waals surface area contributed by atoms with Crippen molar-refractivity contribution in [1.29, 1.82) is 0 Å². The van der Waals surface area contributed by atoms with Crippen molar-refractivity contribution in [3.05, 3.63) is 168 Å². The number of carbonyl (C=O) groups is 3. The summed E-state index contributed by atoms with van der Waals surface area (Å²) in [6, 6.07) is 42.2. The molecule has 0 saturated carbocycles. The first-order chi connectivity index (χ1) is 25.9. The summed E-state index contributed by atoms with van der Waals surface area (Å²) in [5, 5.41) is 8.07. The molecule has 5 aromatic carbocycles. The van der Waals surface area contributed by atoms with Crippen LogP contribution in [0.3, 0.4) is 0 Å². The number of hydrogen-bond acceptors (Lipinski definition) is 7. The predicted octanol–water partition coefficient (Wildman–Crippen LogP) is 8.91. The van der Waals surface area contributed by atoms with E-state index < -0.39 is 17.1 Å². The molecule has 6 aromatic rings. The van der Waals surface area contributed by atoms with Crippen LogP contribution in [-0.4, -0.2) is 30.9 Å². The van der Waals surface area contributed by atoms with Crippen molar-refractivity contribution in [3.8, 4) is 22.8 Å². The Hall–Kier alpha value is -6.52. The molecule has 53 heavy (non-hydrogen) atoms. The van der Waals surface area contributed by atoms with Gasteiger partial charge in [0.05, 0.1) is 0 Å². The van der Waals surface area contributed by atoms with Crippen LogP contribution < -0.4 is 25.4 Å². The summed E-state index contributed by atoms with van der Waals surface area (Å²) < 4.78 is 17.3. The van der Waals surface area contributed by atoms with Gasteiger partial charge in [-0.15, -0.1) is 11.8 Å². The zero-order chi connectivity index (χ0) is 36.6. The summed E-state index contributed by atoms with van der Waals surface area (Å²) in [6.07, 6.45) is 1.50. The van der Waals surface area contributed by atoms with Crippen LogP contribution in [0.2, 0.25) is 0 Å². The fourth-order valence-corrected chi connectivity index (χ4v) is 6.59. The number of aryl methyl sites for hydroxylation is 1. The van der Waals surface area contributed by atoms with E-state index in [4.69, 9.17) is 13.9 Å². The molecule has 0 spiro atoms. The van der Waals surface area contributed by atoms with Gasteiger partial charge in [-0.3, -0.25) is 14.4 Å². The monoisotopic (exact) mass is 721 g/mol. The molecular formula is C43H35N3O6S. The van der Waals surface area contributed by atoms with Gasteiger partial charge in [0.15, 0.2) is 11.5 Å². The molecule has 1 aliphatic rings. The molecule has 264 valence electrons. The number of furan rings is 1. The van der Waals surface area contributed by atoms with Crippen molar-refractivity contribution in [1.82, 2.24) is 5.32 Å².